The highest BCUT2D eigenvalue weighted by atomic mass is 16.6. The molecule has 0 atom stereocenters. The third-order valence-corrected chi connectivity index (χ3v) is 1.84. The summed E-state index contributed by atoms with van der Waals surface area (Å²) in [6.45, 7) is 9.38. The molecule has 12 heavy (non-hydrogen) atoms. The van der Waals surface area contributed by atoms with Gasteiger partial charge in [0.2, 0.25) is 0 Å². The highest BCUT2D eigenvalue weighted by Crippen LogP contribution is 2.30. The van der Waals surface area contributed by atoms with Crippen molar-refractivity contribution < 1.29 is 9.31 Å². The topological polar surface area (TPSA) is 44.5 Å². The summed E-state index contributed by atoms with van der Waals surface area (Å²) >= 11 is 0. The van der Waals surface area contributed by atoms with E-state index in [4.69, 9.17) is 15.0 Å². The van der Waals surface area contributed by atoms with Gasteiger partial charge in [-0.1, -0.05) is 20.8 Å². The molecule has 1 aliphatic rings. The monoisotopic (exact) mass is 171 g/mol. The van der Waals surface area contributed by atoms with Crippen LogP contribution < -0.4 is 5.73 Å². The molecule has 0 amide bonds. The second-order valence-corrected chi connectivity index (χ2v) is 4.97. The van der Waals surface area contributed by atoms with Crippen molar-refractivity contribution in [1.29, 1.82) is 0 Å². The smallest absolute Gasteiger partial charge is 0.409 e. The molecule has 1 rings (SSSR count). The van der Waals surface area contributed by atoms with Crippen LogP contribution in [0.3, 0.4) is 0 Å². The molecule has 3 nitrogen and oxygen atoms in total. The van der Waals surface area contributed by atoms with E-state index in [1.54, 1.807) is 0 Å². The summed E-state index contributed by atoms with van der Waals surface area (Å²) in [6.07, 6.45) is 0. The Labute approximate surface area is 74.7 Å². The average molecular weight is 171 g/mol. The summed E-state index contributed by atoms with van der Waals surface area (Å²) in [6, 6.07) is 0. The Balaban J connectivity index is 2.47. The number of hydrogen-bond acceptors (Lipinski definition) is 3. The van der Waals surface area contributed by atoms with Gasteiger partial charge in [-0.15, -0.1) is 0 Å². The summed E-state index contributed by atoms with van der Waals surface area (Å²) in [5.74, 6) is 0. The summed E-state index contributed by atoms with van der Waals surface area (Å²) < 4.78 is 11.0. The number of nitrogens with two attached hydrogens (primary N) is 1. The molecule has 4 heteroatoms. The predicted molar refractivity (Wildman–Crippen MR) is 50.0 cm³/mol. The lowest BCUT2D eigenvalue weighted by molar-refractivity contribution is 0.0573. The standard InChI is InChI=1S/C8H18BNO2/c1-7(2,3)9-11-5-8(4,10)6-12-9/h5-6,10H2,1-4H3. The van der Waals surface area contributed by atoms with Crippen molar-refractivity contribution in [3.8, 4) is 0 Å². The van der Waals surface area contributed by atoms with E-state index < -0.39 is 0 Å². The van der Waals surface area contributed by atoms with Crippen LogP contribution in [0.15, 0.2) is 0 Å². The minimum Gasteiger partial charge on any atom is -0.409 e. The van der Waals surface area contributed by atoms with E-state index >= 15 is 0 Å². The summed E-state index contributed by atoms with van der Waals surface area (Å²) in [4.78, 5) is 0. The van der Waals surface area contributed by atoms with Crippen LogP contribution in [0.1, 0.15) is 27.7 Å². The third-order valence-electron chi connectivity index (χ3n) is 1.84. The van der Waals surface area contributed by atoms with Crippen LogP contribution >= 0.6 is 0 Å². The lowest BCUT2D eigenvalue weighted by Crippen LogP contribution is -2.55. The van der Waals surface area contributed by atoms with Crippen LogP contribution in [0, 0.1) is 0 Å². The molecule has 0 aromatic heterocycles. The Hall–Kier alpha value is -0.0551. The maximum absolute atomic E-state index is 5.83. The van der Waals surface area contributed by atoms with Gasteiger partial charge in [0.1, 0.15) is 0 Å². The fourth-order valence-corrected chi connectivity index (χ4v) is 1.12. The normalized spacial score (nSPS) is 24.2. The Morgan fingerprint density at radius 2 is 1.67 bits per heavy atom. The molecule has 0 unspecified atom stereocenters. The fraction of sp³-hybridized carbons (Fsp3) is 1.00. The molecule has 70 valence electrons. The van der Waals surface area contributed by atoms with E-state index in [0.717, 1.165) is 0 Å². The van der Waals surface area contributed by atoms with Crippen molar-refractivity contribution in [2.24, 2.45) is 5.73 Å². The molecule has 1 heterocycles. The molecule has 0 aromatic carbocycles. The van der Waals surface area contributed by atoms with Crippen LogP contribution in [-0.4, -0.2) is 25.9 Å². The zero-order chi connectivity index (χ0) is 9.41. The Kier molecular flexibility index (Phi) is 2.52. The minimum atomic E-state index is -0.318. The average Bonchev–Trinajstić information content (AvgIpc) is 1.83. The molecule has 0 aromatic rings. The Morgan fingerprint density at radius 3 is 2.00 bits per heavy atom. The predicted octanol–water partition coefficient (Wildman–Crippen LogP) is 1.04. The number of rotatable bonds is 0. The number of hydrogen-bond donors (Lipinski definition) is 1. The quantitative estimate of drug-likeness (QED) is 0.553. The van der Waals surface area contributed by atoms with Crippen LogP contribution in [0.5, 0.6) is 0 Å². The molecule has 0 bridgehead atoms. The van der Waals surface area contributed by atoms with E-state index in [1.807, 2.05) is 6.92 Å². The van der Waals surface area contributed by atoms with Crippen molar-refractivity contribution in [2.45, 2.75) is 38.5 Å². The van der Waals surface area contributed by atoms with Gasteiger partial charge in [-0.2, -0.15) is 0 Å². The Bertz CT molecular complexity index is 155. The fourth-order valence-electron chi connectivity index (χ4n) is 1.12. The summed E-state index contributed by atoms with van der Waals surface area (Å²) in [5.41, 5.74) is 5.52. The maximum atomic E-state index is 5.83. The van der Waals surface area contributed by atoms with Gasteiger partial charge < -0.3 is 15.0 Å². The van der Waals surface area contributed by atoms with Crippen molar-refractivity contribution in [1.82, 2.24) is 0 Å². The van der Waals surface area contributed by atoms with Crippen molar-refractivity contribution >= 4 is 7.12 Å². The van der Waals surface area contributed by atoms with Gasteiger partial charge in [0.05, 0.1) is 18.8 Å². The Morgan fingerprint density at radius 1 is 1.25 bits per heavy atom. The molecular weight excluding hydrogens is 153 g/mol. The van der Waals surface area contributed by atoms with E-state index in [1.165, 1.54) is 0 Å². The zero-order valence-electron chi connectivity index (χ0n) is 8.39. The third kappa shape index (κ3) is 2.47. The van der Waals surface area contributed by atoms with E-state index in [-0.39, 0.29) is 18.0 Å². The van der Waals surface area contributed by atoms with Gasteiger partial charge in [0, 0.05) is 0 Å². The largest absolute Gasteiger partial charge is 0.462 e. The van der Waals surface area contributed by atoms with Gasteiger partial charge >= 0.3 is 7.12 Å². The molecule has 0 radical (unpaired) electrons. The first-order chi connectivity index (χ1) is 5.31. The van der Waals surface area contributed by atoms with E-state index in [9.17, 15) is 0 Å². The highest BCUT2D eigenvalue weighted by Gasteiger charge is 2.40. The first kappa shape index (κ1) is 10.0. The molecule has 0 saturated carbocycles. The van der Waals surface area contributed by atoms with Gasteiger partial charge in [-0.05, 0) is 12.2 Å². The first-order valence-corrected chi connectivity index (χ1v) is 4.33. The van der Waals surface area contributed by atoms with Crippen molar-refractivity contribution in [3.05, 3.63) is 0 Å². The molecule has 0 spiro atoms. The zero-order valence-corrected chi connectivity index (χ0v) is 8.39. The summed E-state index contributed by atoms with van der Waals surface area (Å²) in [7, 11) is -0.117. The van der Waals surface area contributed by atoms with Crippen molar-refractivity contribution in [3.63, 3.8) is 0 Å². The summed E-state index contributed by atoms with van der Waals surface area (Å²) in [5, 5.41) is 0.0382. The molecule has 1 fully saturated rings. The van der Waals surface area contributed by atoms with Crippen molar-refractivity contribution in [2.75, 3.05) is 13.2 Å². The molecule has 1 aliphatic heterocycles. The first-order valence-electron chi connectivity index (χ1n) is 4.33. The maximum Gasteiger partial charge on any atom is 0.462 e. The van der Waals surface area contributed by atoms with Gasteiger partial charge in [0.25, 0.3) is 0 Å². The van der Waals surface area contributed by atoms with Crippen LogP contribution in [0.2, 0.25) is 5.31 Å². The molecular formula is C8H18BNO2. The lowest BCUT2D eigenvalue weighted by atomic mass is 9.60. The van der Waals surface area contributed by atoms with Crippen LogP contribution in [0.4, 0.5) is 0 Å². The minimum absolute atomic E-state index is 0.0382. The molecule has 0 aliphatic carbocycles. The van der Waals surface area contributed by atoms with E-state index in [0.29, 0.717) is 13.2 Å². The second-order valence-electron chi connectivity index (χ2n) is 4.97. The van der Waals surface area contributed by atoms with E-state index in [2.05, 4.69) is 20.8 Å². The molecule has 1 saturated heterocycles. The SMILES string of the molecule is CC1(N)COB(C(C)(C)C)OC1. The van der Waals surface area contributed by atoms with Crippen LogP contribution in [-0.2, 0) is 9.31 Å². The highest BCUT2D eigenvalue weighted by molar-refractivity contribution is 6.48. The van der Waals surface area contributed by atoms with Gasteiger partial charge in [-0.3, -0.25) is 0 Å². The van der Waals surface area contributed by atoms with Crippen LogP contribution in [0.25, 0.3) is 0 Å². The van der Waals surface area contributed by atoms with Gasteiger partial charge in [0.15, 0.2) is 0 Å². The lowest BCUT2D eigenvalue weighted by Gasteiger charge is -2.37. The second kappa shape index (κ2) is 3.02. The van der Waals surface area contributed by atoms with Gasteiger partial charge in [-0.25, -0.2) is 0 Å². The molecule has 2 N–H and O–H groups in total.